The van der Waals surface area contributed by atoms with Crippen molar-refractivity contribution in [2.75, 3.05) is 0 Å². The normalized spacial score (nSPS) is 18.6. The molecule has 2 nitrogen and oxygen atoms in total. The lowest BCUT2D eigenvalue weighted by atomic mass is 10.1. The second-order valence-corrected chi connectivity index (χ2v) is 3.89. The first-order chi connectivity index (χ1) is 5.59. The average Bonchev–Trinajstić information content (AvgIpc) is 2.63. The molecule has 2 N–H and O–H groups in total. The lowest BCUT2D eigenvalue weighted by Gasteiger charge is -2.06. The van der Waals surface area contributed by atoms with E-state index < -0.39 is 0 Å². The number of allylic oxidation sites excluding steroid dienone is 2. The summed E-state index contributed by atoms with van der Waals surface area (Å²) in [5, 5.41) is 0. The summed E-state index contributed by atoms with van der Waals surface area (Å²) in [5.41, 5.74) is 6.86. The Balaban J connectivity index is 2.29. The molecular formula is C10H17NO. The molecule has 1 atom stereocenters. The Morgan fingerprint density at radius 1 is 1.58 bits per heavy atom. The summed E-state index contributed by atoms with van der Waals surface area (Å²) in [6.07, 6.45) is 4.63. The smallest absolute Gasteiger partial charge is 0.157 e. The summed E-state index contributed by atoms with van der Waals surface area (Å²) < 4.78 is 0. The van der Waals surface area contributed by atoms with E-state index in [9.17, 15) is 4.79 Å². The van der Waals surface area contributed by atoms with Crippen molar-refractivity contribution in [1.82, 2.24) is 0 Å². The van der Waals surface area contributed by atoms with Gasteiger partial charge in [0.2, 0.25) is 0 Å². The zero-order valence-electron chi connectivity index (χ0n) is 7.84. The minimum Gasteiger partial charge on any atom is -0.327 e. The van der Waals surface area contributed by atoms with E-state index in [2.05, 4.69) is 0 Å². The third-order valence-electron chi connectivity index (χ3n) is 2.11. The van der Waals surface area contributed by atoms with Gasteiger partial charge in [0.05, 0.1) is 0 Å². The summed E-state index contributed by atoms with van der Waals surface area (Å²) in [5.74, 6) is 0.800. The Morgan fingerprint density at radius 2 is 2.17 bits per heavy atom. The largest absolute Gasteiger partial charge is 0.327 e. The third kappa shape index (κ3) is 3.18. The highest BCUT2D eigenvalue weighted by Crippen LogP contribution is 2.32. The van der Waals surface area contributed by atoms with E-state index in [0.717, 1.165) is 5.57 Å². The van der Waals surface area contributed by atoms with Gasteiger partial charge < -0.3 is 5.73 Å². The highest BCUT2D eigenvalue weighted by atomic mass is 16.1. The van der Waals surface area contributed by atoms with Crippen LogP contribution in [0.2, 0.25) is 0 Å². The average molecular weight is 167 g/mol. The van der Waals surface area contributed by atoms with Gasteiger partial charge >= 0.3 is 0 Å². The first-order valence-corrected chi connectivity index (χ1v) is 4.53. The molecule has 0 bridgehead atoms. The molecule has 12 heavy (non-hydrogen) atoms. The molecule has 0 aromatic heterocycles. The molecule has 0 radical (unpaired) electrons. The first-order valence-electron chi connectivity index (χ1n) is 4.53. The molecule has 0 aliphatic heterocycles. The molecule has 1 aliphatic carbocycles. The standard InChI is InChI=1S/C10H17NO/c1-7(2)5-9(12)6-10(11)8-3-4-8/h5,8,10H,3-4,6,11H2,1-2H3. The van der Waals surface area contributed by atoms with Crippen molar-refractivity contribution in [3.63, 3.8) is 0 Å². The van der Waals surface area contributed by atoms with Crippen LogP contribution in [-0.2, 0) is 4.79 Å². The van der Waals surface area contributed by atoms with E-state index >= 15 is 0 Å². The second kappa shape index (κ2) is 3.85. The summed E-state index contributed by atoms with van der Waals surface area (Å²) >= 11 is 0. The minimum atomic E-state index is 0.105. The lowest BCUT2D eigenvalue weighted by molar-refractivity contribution is -0.115. The van der Waals surface area contributed by atoms with Gasteiger partial charge in [0.15, 0.2) is 5.78 Å². The van der Waals surface area contributed by atoms with Gasteiger partial charge in [-0.15, -0.1) is 0 Å². The van der Waals surface area contributed by atoms with Crippen molar-refractivity contribution in [3.05, 3.63) is 11.6 Å². The molecule has 0 aromatic carbocycles. The van der Waals surface area contributed by atoms with Crippen LogP contribution in [0.25, 0.3) is 0 Å². The van der Waals surface area contributed by atoms with Crippen LogP contribution in [0.15, 0.2) is 11.6 Å². The Bertz CT molecular complexity index is 200. The molecule has 1 aliphatic rings. The molecule has 68 valence electrons. The Hall–Kier alpha value is -0.630. The monoisotopic (exact) mass is 167 g/mol. The number of hydrogen-bond donors (Lipinski definition) is 1. The zero-order valence-corrected chi connectivity index (χ0v) is 7.84. The maximum Gasteiger partial charge on any atom is 0.157 e. The number of ketones is 1. The molecule has 0 heterocycles. The molecule has 1 rings (SSSR count). The van der Waals surface area contributed by atoms with Crippen LogP contribution in [0.5, 0.6) is 0 Å². The molecule has 2 heteroatoms. The molecule has 1 unspecified atom stereocenters. The van der Waals surface area contributed by atoms with Gasteiger partial charge in [0.1, 0.15) is 0 Å². The van der Waals surface area contributed by atoms with E-state index in [-0.39, 0.29) is 11.8 Å². The van der Waals surface area contributed by atoms with Crippen molar-refractivity contribution < 1.29 is 4.79 Å². The molecule has 1 saturated carbocycles. The van der Waals surface area contributed by atoms with Crippen LogP contribution in [-0.4, -0.2) is 11.8 Å². The Morgan fingerprint density at radius 3 is 2.58 bits per heavy atom. The second-order valence-electron chi connectivity index (χ2n) is 3.89. The lowest BCUT2D eigenvalue weighted by Crippen LogP contribution is -2.25. The quantitative estimate of drug-likeness (QED) is 0.647. The first kappa shape index (κ1) is 9.46. The van der Waals surface area contributed by atoms with Crippen molar-refractivity contribution >= 4 is 5.78 Å². The maximum atomic E-state index is 11.2. The molecule has 0 spiro atoms. The summed E-state index contributed by atoms with van der Waals surface area (Å²) in [6.45, 7) is 3.86. The van der Waals surface area contributed by atoms with Gasteiger partial charge in [-0.25, -0.2) is 0 Å². The van der Waals surface area contributed by atoms with Crippen LogP contribution in [0, 0.1) is 5.92 Å². The molecule has 1 fully saturated rings. The van der Waals surface area contributed by atoms with Gasteiger partial charge in [0.25, 0.3) is 0 Å². The Labute approximate surface area is 73.8 Å². The molecular weight excluding hydrogens is 150 g/mol. The fraction of sp³-hybridized carbons (Fsp3) is 0.700. The topological polar surface area (TPSA) is 43.1 Å². The summed E-state index contributed by atoms with van der Waals surface area (Å²) in [7, 11) is 0. The van der Waals surface area contributed by atoms with Gasteiger partial charge in [0, 0.05) is 12.5 Å². The van der Waals surface area contributed by atoms with Crippen molar-refractivity contribution in [1.29, 1.82) is 0 Å². The number of hydrogen-bond acceptors (Lipinski definition) is 2. The number of carbonyl (C=O) groups is 1. The molecule has 0 amide bonds. The predicted molar refractivity (Wildman–Crippen MR) is 49.8 cm³/mol. The maximum absolute atomic E-state index is 11.2. The highest BCUT2D eigenvalue weighted by molar-refractivity contribution is 5.90. The van der Waals surface area contributed by atoms with Gasteiger partial charge in [-0.1, -0.05) is 5.57 Å². The van der Waals surface area contributed by atoms with Crippen LogP contribution >= 0.6 is 0 Å². The number of rotatable bonds is 4. The van der Waals surface area contributed by atoms with E-state index in [0.29, 0.717) is 12.3 Å². The zero-order chi connectivity index (χ0) is 9.14. The summed E-state index contributed by atoms with van der Waals surface area (Å²) in [6, 6.07) is 0.105. The fourth-order valence-electron chi connectivity index (χ4n) is 1.30. The number of nitrogens with two attached hydrogens (primary N) is 1. The molecule has 0 aromatic rings. The summed E-state index contributed by atoms with van der Waals surface area (Å²) in [4.78, 5) is 11.2. The van der Waals surface area contributed by atoms with Crippen molar-refractivity contribution in [2.45, 2.75) is 39.2 Å². The van der Waals surface area contributed by atoms with Gasteiger partial charge in [-0.05, 0) is 38.7 Å². The van der Waals surface area contributed by atoms with Gasteiger partial charge in [-0.3, -0.25) is 4.79 Å². The van der Waals surface area contributed by atoms with Crippen LogP contribution in [0.4, 0.5) is 0 Å². The van der Waals surface area contributed by atoms with Crippen LogP contribution in [0.3, 0.4) is 0 Å². The van der Waals surface area contributed by atoms with E-state index in [1.165, 1.54) is 12.8 Å². The van der Waals surface area contributed by atoms with Gasteiger partial charge in [-0.2, -0.15) is 0 Å². The van der Waals surface area contributed by atoms with Crippen LogP contribution < -0.4 is 5.73 Å². The molecule has 0 saturated heterocycles. The van der Waals surface area contributed by atoms with E-state index in [1.54, 1.807) is 6.08 Å². The van der Waals surface area contributed by atoms with Crippen molar-refractivity contribution in [3.8, 4) is 0 Å². The minimum absolute atomic E-state index is 0.105. The van der Waals surface area contributed by atoms with Crippen LogP contribution in [0.1, 0.15) is 33.1 Å². The van der Waals surface area contributed by atoms with Crippen molar-refractivity contribution in [2.24, 2.45) is 11.7 Å². The number of carbonyl (C=O) groups excluding carboxylic acids is 1. The van der Waals surface area contributed by atoms with E-state index in [1.807, 2.05) is 13.8 Å². The van der Waals surface area contributed by atoms with E-state index in [4.69, 9.17) is 5.73 Å². The predicted octanol–water partition coefficient (Wildman–Crippen LogP) is 1.65. The fourth-order valence-corrected chi connectivity index (χ4v) is 1.30. The SMILES string of the molecule is CC(C)=CC(=O)CC(N)C1CC1. The highest BCUT2D eigenvalue weighted by Gasteiger charge is 2.29. The third-order valence-corrected chi connectivity index (χ3v) is 2.11. The Kier molecular flexibility index (Phi) is 3.04.